The first kappa shape index (κ1) is 43.1. The molecule has 0 unspecified atom stereocenters. The Kier molecular flexibility index (Phi) is 12.4. The monoisotopic (exact) mass is 900 g/mol. The van der Waals surface area contributed by atoms with Gasteiger partial charge in [-0.3, -0.25) is 9.97 Å². The van der Waals surface area contributed by atoms with Crippen LogP contribution in [0.25, 0.3) is 22.3 Å². The van der Waals surface area contributed by atoms with Gasteiger partial charge in [-0.2, -0.15) is 0 Å². The lowest BCUT2D eigenvalue weighted by Gasteiger charge is -2.33. The van der Waals surface area contributed by atoms with Gasteiger partial charge in [0.25, 0.3) is 0 Å². The highest BCUT2D eigenvalue weighted by atomic mass is 15.2. The van der Waals surface area contributed by atoms with E-state index in [4.69, 9.17) is 0 Å². The van der Waals surface area contributed by atoms with Crippen molar-refractivity contribution in [2.45, 2.75) is 0 Å². The zero-order chi connectivity index (χ0) is 46.9. The minimum absolute atomic E-state index is 0.943. The first-order valence-corrected chi connectivity index (χ1v) is 23.5. The Morgan fingerprint density at radius 2 is 0.457 bits per heavy atom. The van der Waals surface area contributed by atoms with E-state index in [1.54, 1.807) is 12.4 Å². The molecule has 0 spiro atoms. The highest BCUT2D eigenvalue weighted by Crippen LogP contribution is 2.50. The Labute approximate surface area is 409 Å². The SMILES string of the molecule is c1ccc(N(c2ccccc2)c2ccc(-c3cc(N(c4ccccc4)c4ccccc4)c(-c4ccc(N(c5cccnc5)c5cccnc5)cc4)cc3N(c3ccccc3)c3ccccc3)cc2)cc1. The normalized spacial score (nSPS) is 10.9. The van der Waals surface area contributed by atoms with E-state index in [9.17, 15) is 0 Å². The molecule has 0 aliphatic heterocycles. The lowest BCUT2D eigenvalue weighted by molar-refractivity contribution is 1.20. The van der Waals surface area contributed by atoms with Crippen molar-refractivity contribution in [3.63, 3.8) is 0 Å². The van der Waals surface area contributed by atoms with Crippen LogP contribution in [0.2, 0.25) is 0 Å². The third kappa shape index (κ3) is 9.01. The quantitative estimate of drug-likeness (QED) is 0.108. The third-order valence-corrected chi connectivity index (χ3v) is 12.4. The van der Waals surface area contributed by atoms with Crippen LogP contribution in [0.5, 0.6) is 0 Å². The molecule has 70 heavy (non-hydrogen) atoms. The summed E-state index contributed by atoms with van der Waals surface area (Å²) < 4.78 is 0. The van der Waals surface area contributed by atoms with E-state index in [0.29, 0.717) is 0 Å². The van der Waals surface area contributed by atoms with Gasteiger partial charge in [0.15, 0.2) is 0 Å². The van der Waals surface area contributed by atoms with Gasteiger partial charge in [-0.15, -0.1) is 0 Å². The van der Waals surface area contributed by atoms with Gasteiger partial charge in [0.2, 0.25) is 0 Å². The molecule has 0 saturated heterocycles. The highest BCUT2D eigenvalue weighted by Gasteiger charge is 2.25. The number of nitrogens with zero attached hydrogens (tertiary/aromatic N) is 6. The predicted octanol–water partition coefficient (Wildman–Crippen LogP) is 17.7. The number of anilines is 12. The molecule has 0 N–H and O–H groups in total. The molecular weight excluding hydrogens is 853 g/mol. The summed E-state index contributed by atoms with van der Waals surface area (Å²) in [6, 6.07) is 94.5. The second-order valence-electron chi connectivity index (χ2n) is 16.8. The van der Waals surface area contributed by atoms with E-state index in [2.05, 4.69) is 284 Å². The molecule has 6 heteroatoms. The van der Waals surface area contributed by atoms with E-state index < -0.39 is 0 Å². The molecule has 0 amide bonds. The lowest BCUT2D eigenvalue weighted by atomic mass is 9.93. The van der Waals surface area contributed by atoms with Crippen molar-refractivity contribution in [1.29, 1.82) is 0 Å². The van der Waals surface area contributed by atoms with Gasteiger partial charge in [-0.05, 0) is 145 Å². The number of aromatic nitrogens is 2. The molecule has 334 valence electrons. The molecule has 0 bridgehead atoms. The maximum Gasteiger partial charge on any atom is 0.0645 e. The van der Waals surface area contributed by atoms with Crippen molar-refractivity contribution < 1.29 is 0 Å². The molecule has 9 aromatic carbocycles. The second kappa shape index (κ2) is 20.1. The fourth-order valence-electron chi connectivity index (χ4n) is 9.17. The predicted molar refractivity (Wildman–Crippen MR) is 292 cm³/mol. The third-order valence-electron chi connectivity index (χ3n) is 12.4. The van der Waals surface area contributed by atoms with E-state index in [-0.39, 0.29) is 0 Å². The van der Waals surface area contributed by atoms with Gasteiger partial charge in [0, 0.05) is 69.0 Å². The number of para-hydroxylation sites is 6. The summed E-state index contributed by atoms with van der Waals surface area (Å²) in [6.07, 6.45) is 7.37. The molecule has 0 aliphatic rings. The summed E-state index contributed by atoms with van der Waals surface area (Å²) in [5, 5.41) is 0. The molecule has 0 atom stereocenters. The van der Waals surface area contributed by atoms with Crippen LogP contribution in [0.1, 0.15) is 0 Å². The van der Waals surface area contributed by atoms with Crippen molar-refractivity contribution in [3.8, 4) is 22.3 Å². The van der Waals surface area contributed by atoms with Crippen LogP contribution >= 0.6 is 0 Å². The molecule has 0 aliphatic carbocycles. The Morgan fingerprint density at radius 3 is 0.729 bits per heavy atom. The standard InChI is InChI=1S/C64H48N6/c1-7-21-51(22-8-1)67(52-23-9-2-10-24-52)57-39-35-49(36-40-57)61-45-64(70(55-29-15-5-16-30-55)56-31-17-6-18-32-56)62(46-63(61)69(53-25-11-3-12-26-53)54-27-13-4-14-28-54)50-37-41-58(42-38-50)68(59-33-19-43-65-47-59)60-34-20-44-66-48-60/h1-48H. The Balaban J connectivity index is 1.16. The zero-order valence-corrected chi connectivity index (χ0v) is 38.4. The second-order valence-corrected chi connectivity index (χ2v) is 16.8. The van der Waals surface area contributed by atoms with E-state index >= 15 is 0 Å². The molecule has 6 nitrogen and oxygen atoms in total. The smallest absolute Gasteiger partial charge is 0.0645 e. The Morgan fingerprint density at radius 1 is 0.214 bits per heavy atom. The molecule has 0 saturated carbocycles. The van der Waals surface area contributed by atoms with Gasteiger partial charge in [0.05, 0.1) is 35.1 Å². The van der Waals surface area contributed by atoms with Crippen LogP contribution in [-0.4, -0.2) is 9.97 Å². The van der Waals surface area contributed by atoms with Gasteiger partial charge in [0.1, 0.15) is 0 Å². The van der Waals surface area contributed by atoms with Crippen LogP contribution in [0.4, 0.5) is 68.2 Å². The fraction of sp³-hybridized carbons (Fsp3) is 0. The molecule has 11 rings (SSSR count). The number of hydrogen-bond donors (Lipinski definition) is 0. The van der Waals surface area contributed by atoms with Crippen molar-refractivity contribution in [2.75, 3.05) is 19.6 Å². The van der Waals surface area contributed by atoms with Gasteiger partial charge < -0.3 is 19.6 Å². The van der Waals surface area contributed by atoms with Gasteiger partial charge in [-0.1, -0.05) is 133 Å². The van der Waals surface area contributed by atoms with Crippen LogP contribution in [-0.2, 0) is 0 Å². The maximum absolute atomic E-state index is 4.49. The average molecular weight is 901 g/mol. The molecule has 0 radical (unpaired) electrons. The summed E-state index contributed by atoms with van der Waals surface area (Å²) in [5.74, 6) is 0. The van der Waals surface area contributed by atoms with E-state index in [0.717, 1.165) is 90.5 Å². The largest absolute Gasteiger partial charge is 0.311 e. The maximum atomic E-state index is 4.49. The van der Waals surface area contributed by atoms with Crippen molar-refractivity contribution in [2.24, 2.45) is 0 Å². The van der Waals surface area contributed by atoms with Crippen molar-refractivity contribution in [1.82, 2.24) is 9.97 Å². The van der Waals surface area contributed by atoms with Crippen LogP contribution < -0.4 is 19.6 Å². The topological polar surface area (TPSA) is 38.7 Å². The molecular formula is C64H48N6. The summed E-state index contributed by atoms with van der Waals surface area (Å²) >= 11 is 0. The summed E-state index contributed by atoms with van der Waals surface area (Å²) in [5.41, 5.74) is 16.6. The lowest BCUT2D eigenvalue weighted by Crippen LogP contribution is -2.15. The van der Waals surface area contributed by atoms with E-state index in [1.807, 2.05) is 24.5 Å². The van der Waals surface area contributed by atoms with E-state index in [1.165, 1.54) is 0 Å². The Bertz CT molecular complexity index is 2990. The summed E-state index contributed by atoms with van der Waals surface area (Å²) in [4.78, 5) is 18.2. The van der Waals surface area contributed by atoms with Gasteiger partial charge in [-0.25, -0.2) is 0 Å². The minimum Gasteiger partial charge on any atom is -0.311 e. The zero-order valence-electron chi connectivity index (χ0n) is 38.4. The number of pyridine rings is 2. The fourth-order valence-corrected chi connectivity index (χ4v) is 9.17. The highest BCUT2D eigenvalue weighted by molar-refractivity contribution is 5.99. The van der Waals surface area contributed by atoms with Crippen LogP contribution in [0, 0.1) is 0 Å². The first-order valence-electron chi connectivity index (χ1n) is 23.5. The average Bonchev–Trinajstić information content (AvgIpc) is 3.44. The van der Waals surface area contributed by atoms with Crippen LogP contribution in [0.15, 0.2) is 292 Å². The summed E-state index contributed by atoms with van der Waals surface area (Å²) in [6.45, 7) is 0. The first-order chi connectivity index (χ1) is 34.8. The number of hydrogen-bond acceptors (Lipinski definition) is 6. The number of rotatable bonds is 14. The Hall–Kier alpha value is -9.52. The molecule has 0 fully saturated rings. The molecule has 11 aromatic rings. The molecule has 2 heterocycles. The summed E-state index contributed by atoms with van der Waals surface area (Å²) in [7, 11) is 0. The van der Waals surface area contributed by atoms with Crippen molar-refractivity contribution >= 4 is 68.2 Å². The van der Waals surface area contributed by atoms with Crippen molar-refractivity contribution in [3.05, 3.63) is 292 Å². The minimum atomic E-state index is 0.943. The van der Waals surface area contributed by atoms with Gasteiger partial charge >= 0.3 is 0 Å². The molecule has 2 aromatic heterocycles. The van der Waals surface area contributed by atoms with Crippen LogP contribution in [0.3, 0.4) is 0 Å². The number of benzene rings is 9.